The summed E-state index contributed by atoms with van der Waals surface area (Å²) < 4.78 is 19.1. The van der Waals surface area contributed by atoms with Crippen molar-refractivity contribution in [1.29, 1.82) is 0 Å². The molecule has 1 atom stereocenters. The van der Waals surface area contributed by atoms with Crippen molar-refractivity contribution in [3.63, 3.8) is 0 Å². The standard InChI is InChI=1S/C18H18FNO2/c1-12-15-8-7-14(22-2)11-13(15)9-10-20(12)18(21)16-5-3-4-6-17(16)19/h3-8,11-12H,9-10H2,1-2H3. The second-order valence-electron chi connectivity index (χ2n) is 5.47. The fraction of sp³-hybridized carbons (Fsp3) is 0.278. The molecule has 3 rings (SSSR count). The molecule has 0 fully saturated rings. The third-order valence-corrected chi connectivity index (χ3v) is 4.25. The summed E-state index contributed by atoms with van der Waals surface area (Å²) in [6.07, 6.45) is 0.747. The Kier molecular flexibility index (Phi) is 3.84. The first kappa shape index (κ1) is 14.6. The number of carbonyl (C=O) groups excluding carboxylic acids is 1. The Morgan fingerprint density at radius 3 is 2.77 bits per heavy atom. The largest absolute Gasteiger partial charge is 0.497 e. The van der Waals surface area contributed by atoms with E-state index in [1.54, 1.807) is 24.1 Å². The van der Waals surface area contributed by atoms with Gasteiger partial charge in [0.1, 0.15) is 11.6 Å². The molecule has 2 aromatic carbocycles. The Bertz CT molecular complexity index is 714. The second-order valence-corrected chi connectivity index (χ2v) is 5.47. The molecule has 0 saturated heterocycles. The highest BCUT2D eigenvalue weighted by molar-refractivity contribution is 5.95. The molecule has 0 bridgehead atoms. The molecule has 4 heteroatoms. The molecule has 1 amide bonds. The lowest BCUT2D eigenvalue weighted by atomic mass is 9.92. The van der Waals surface area contributed by atoms with E-state index in [1.807, 2.05) is 25.1 Å². The molecule has 0 N–H and O–H groups in total. The van der Waals surface area contributed by atoms with Gasteiger partial charge in [0.15, 0.2) is 0 Å². The number of nitrogens with zero attached hydrogens (tertiary/aromatic N) is 1. The molecule has 0 aliphatic carbocycles. The Morgan fingerprint density at radius 1 is 1.27 bits per heavy atom. The maximum atomic E-state index is 13.9. The molecular weight excluding hydrogens is 281 g/mol. The van der Waals surface area contributed by atoms with E-state index in [4.69, 9.17) is 4.74 Å². The summed E-state index contributed by atoms with van der Waals surface area (Å²) in [6.45, 7) is 2.55. The first-order valence-electron chi connectivity index (χ1n) is 7.34. The third kappa shape index (κ3) is 2.45. The summed E-state index contributed by atoms with van der Waals surface area (Å²) in [5.41, 5.74) is 2.41. The number of fused-ring (bicyclic) bond motifs is 1. The van der Waals surface area contributed by atoms with Gasteiger partial charge in [-0.15, -0.1) is 0 Å². The number of methoxy groups -OCH3 is 1. The van der Waals surface area contributed by atoms with Gasteiger partial charge in [-0.25, -0.2) is 4.39 Å². The average molecular weight is 299 g/mol. The van der Waals surface area contributed by atoms with Gasteiger partial charge < -0.3 is 9.64 Å². The lowest BCUT2D eigenvalue weighted by molar-refractivity contribution is 0.0673. The minimum Gasteiger partial charge on any atom is -0.497 e. The van der Waals surface area contributed by atoms with Crippen LogP contribution in [0.5, 0.6) is 5.75 Å². The molecule has 0 aromatic heterocycles. The second kappa shape index (κ2) is 5.79. The highest BCUT2D eigenvalue weighted by atomic mass is 19.1. The van der Waals surface area contributed by atoms with Gasteiger partial charge in [0, 0.05) is 6.54 Å². The van der Waals surface area contributed by atoms with Gasteiger partial charge in [0.05, 0.1) is 18.7 Å². The van der Waals surface area contributed by atoms with Crippen LogP contribution in [-0.2, 0) is 6.42 Å². The minimum absolute atomic E-state index is 0.0817. The summed E-state index contributed by atoms with van der Waals surface area (Å²) in [7, 11) is 1.64. The molecule has 1 heterocycles. The van der Waals surface area contributed by atoms with Crippen molar-refractivity contribution in [2.45, 2.75) is 19.4 Å². The predicted octanol–water partition coefficient (Wildman–Crippen LogP) is 3.59. The van der Waals surface area contributed by atoms with Gasteiger partial charge in [0.2, 0.25) is 0 Å². The van der Waals surface area contributed by atoms with Crippen LogP contribution in [0.1, 0.15) is 34.5 Å². The lowest BCUT2D eigenvalue weighted by Crippen LogP contribution is -2.39. The van der Waals surface area contributed by atoms with E-state index in [9.17, 15) is 9.18 Å². The lowest BCUT2D eigenvalue weighted by Gasteiger charge is -2.35. The molecule has 114 valence electrons. The summed E-state index contributed by atoms with van der Waals surface area (Å²) in [5, 5.41) is 0. The van der Waals surface area contributed by atoms with Gasteiger partial charge in [-0.1, -0.05) is 18.2 Å². The number of amides is 1. The van der Waals surface area contributed by atoms with Crippen molar-refractivity contribution < 1.29 is 13.9 Å². The Labute approximate surface area is 129 Å². The molecule has 1 unspecified atom stereocenters. The fourth-order valence-corrected chi connectivity index (χ4v) is 3.00. The van der Waals surface area contributed by atoms with Gasteiger partial charge in [-0.2, -0.15) is 0 Å². The molecule has 2 aromatic rings. The summed E-state index contributed by atoms with van der Waals surface area (Å²) in [5.74, 6) is 0.0899. The summed E-state index contributed by atoms with van der Waals surface area (Å²) >= 11 is 0. The van der Waals surface area contributed by atoms with Gasteiger partial charge in [-0.05, 0) is 48.7 Å². The first-order chi connectivity index (χ1) is 10.6. The first-order valence-corrected chi connectivity index (χ1v) is 7.34. The number of halogens is 1. The van der Waals surface area contributed by atoms with Crippen molar-refractivity contribution >= 4 is 5.91 Å². The van der Waals surface area contributed by atoms with Crippen molar-refractivity contribution in [3.05, 3.63) is 65.0 Å². The van der Waals surface area contributed by atoms with Gasteiger partial charge >= 0.3 is 0 Å². The van der Waals surface area contributed by atoms with Crippen molar-refractivity contribution in [3.8, 4) is 5.75 Å². The Hall–Kier alpha value is -2.36. The fourth-order valence-electron chi connectivity index (χ4n) is 3.00. The zero-order valence-corrected chi connectivity index (χ0v) is 12.7. The van der Waals surface area contributed by atoms with E-state index < -0.39 is 5.82 Å². The van der Waals surface area contributed by atoms with Crippen LogP contribution in [0.2, 0.25) is 0 Å². The van der Waals surface area contributed by atoms with Crippen molar-refractivity contribution in [2.24, 2.45) is 0 Å². The normalized spacial score (nSPS) is 17.0. The van der Waals surface area contributed by atoms with Crippen LogP contribution in [0.4, 0.5) is 4.39 Å². The average Bonchev–Trinajstić information content (AvgIpc) is 2.54. The van der Waals surface area contributed by atoms with Crippen LogP contribution in [-0.4, -0.2) is 24.5 Å². The zero-order valence-electron chi connectivity index (χ0n) is 12.7. The quantitative estimate of drug-likeness (QED) is 0.848. The van der Waals surface area contributed by atoms with Crippen LogP contribution in [0.3, 0.4) is 0 Å². The van der Waals surface area contributed by atoms with E-state index in [1.165, 1.54) is 17.7 Å². The molecule has 0 spiro atoms. The highest BCUT2D eigenvalue weighted by Gasteiger charge is 2.29. The minimum atomic E-state index is -0.472. The molecule has 1 aliphatic rings. The number of hydrogen-bond acceptors (Lipinski definition) is 2. The number of carbonyl (C=O) groups is 1. The predicted molar refractivity (Wildman–Crippen MR) is 82.5 cm³/mol. The molecule has 0 saturated carbocycles. The zero-order chi connectivity index (χ0) is 15.7. The monoisotopic (exact) mass is 299 g/mol. The Balaban J connectivity index is 1.91. The smallest absolute Gasteiger partial charge is 0.257 e. The number of benzene rings is 2. The molecule has 0 radical (unpaired) electrons. The Morgan fingerprint density at radius 2 is 2.05 bits per heavy atom. The van der Waals surface area contributed by atoms with E-state index in [0.717, 1.165) is 17.7 Å². The van der Waals surface area contributed by atoms with Crippen LogP contribution >= 0.6 is 0 Å². The van der Waals surface area contributed by atoms with Gasteiger partial charge in [0.25, 0.3) is 5.91 Å². The maximum absolute atomic E-state index is 13.9. The van der Waals surface area contributed by atoms with E-state index >= 15 is 0 Å². The van der Waals surface area contributed by atoms with Crippen LogP contribution in [0.15, 0.2) is 42.5 Å². The van der Waals surface area contributed by atoms with E-state index in [2.05, 4.69) is 0 Å². The molecule has 1 aliphatic heterocycles. The van der Waals surface area contributed by atoms with E-state index in [-0.39, 0.29) is 17.5 Å². The highest BCUT2D eigenvalue weighted by Crippen LogP contribution is 2.32. The van der Waals surface area contributed by atoms with Crippen LogP contribution in [0.25, 0.3) is 0 Å². The van der Waals surface area contributed by atoms with E-state index in [0.29, 0.717) is 6.54 Å². The molecule has 22 heavy (non-hydrogen) atoms. The number of hydrogen-bond donors (Lipinski definition) is 0. The number of rotatable bonds is 2. The van der Waals surface area contributed by atoms with Crippen LogP contribution in [0, 0.1) is 5.82 Å². The third-order valence-electron chi connectivity index (χ3n) is 4.25. The molecule has 3 nitrogen and oxygen atoms in total. The molecular formula is C18H18FNO2. The van der Waals surface area contributed by atoms with Crippen LogP contribution < -0.4 is 4.74 Å². The maximum Gasteiger partial charge on any atom is 0.257 e. The topological polar surface area (TPSA) is 29.5 Å². The summed E-state index contributed by atoms with van der Waals surface area (Å²) in [4.78, 5) is 14.4. The number of ether oxygens (including phenoxy) is 1. The van der Waals surface area contributed by atoms with Crippen molar-refractivity contribution in [2.75, 3.05) is 13.7 Å². The van der Waals surface area contributed by atoms with Gasteiger partial charge in [-0.3, -0.25) is 4.79 Å². The summed E-state index contributed by atoms with van der Waals surface area (Å²) in [6, 6.07) is 11.9. The SMILES string of the molecule is COc1ccc2c(c1)CCN(C(=O)c1ccccc1F)C2C. The van der Waals surface area contributed by atoms with Crippen molar-refractivity contribution in [1.82, 2.24) is 4.90 Å².